The van der Waals surface area contributed by atoms with Crippen LogP contribution in [0.5, 0.6) is 5.75 Å². The zero-order valence-electron chi connectivity index (χ0n) is 14.6. The number of fused-ring (bicyclic) bond motifs is 1. The smallest absolute Gasteiger partial charge is 0.279 e. The maximum atomic E-state index is 12.5. The molecule has 0 bridgehead atoms. The van der Waals surface area contributed by atoms with E-state index in [1.165, 1.54) is 35.6 Å². The first kappa shape index (κ1) is 18.5. The number of rotatable bonds is 6. The molecule has 1 amide bonds. The number of aromatic nitrogens is 1. The van der Waals surface area contributed by atoms with E-state index in [2.05, 4.69) is 11.6 Å². The molecule has 0 saturated carbocycles. The number of carbonyl (C=O) groups excluding carboxylic acids is 1. The van der Waals surface area contributed by atoms with Gasteiger partial charge in [-0.15, -0.1) is 6.58 Å². The number of nitrogens with zero attached hydrogens (tertiary/aromatic N) is 3. The summed E-state index contributed by atoms with van der Waals surface area (Å²) in [5.41, 5.74) is 0.934. The van der Waals surface area contributed by atoms with Crippen LogP contribution in [0.15, 0.2) is 60.1 Å². The van der Waals surface area contributed by atoms with Gasteiger partial charge in [-0.2, -0.15) is 4.99 Å². The Hall–Kier alpha value is -3.26. The summed E-state index contributed by atoms with van der Waals surface area (Å²) in [6.45, 7) is 6.71. The highest BCUT2D eigenvalue weighted by molar-refractivity contribution is 7.16. The molecule has 0 aliphatic rings. The number of hydrogen-bond donors (Lipinski definition) is 0. The first-order valence-electron chi connectivity index (χ1n) is 8.24. The van der Waals surface area contributed by atoms with Crippen LogP contribution >= 0.6 is 11.3 Å². The zero-order valence-corrected chi connectivity index (χ0v) is 15.4. The highest BCUT2D eigenvalue weighted by Crippen LogP contribution is 2.23. The molecule has 27 heavy (non-hydrogen) atoms. The Morgan fingerprint density at radius 2 is 2.19 bits per heavy atom. The fourth-order valence-electron chi connectivity index (χ4n) is 2.60. The number of thiazole rings is 1. The predicted molar refractivity (Wildman–Crippen MR) is 104 cm³/mol. The molecule has 8 heteroatoms. The molecule has 2 aromatic carbocycles. The second-order valence-electron chi connectivity index (χ2n) is 5.57. The molecular formula is C19H17N3O4S. The van der Waals surface area contributed by atoms with Crippen LogP contribution in [0.3, 0.4) is 0 Å². The van der Waals surface area contributed by atoms with Crippen molar-refractivity contribution in [3.8, 4) is 5.75 Å². The van der Waals surface area contributed by atoms with E-state index in [0.29, 0.717) is 18.0 Å². The monoisotopic (exact) mass is 383 g/mol. The van der Waals surface area contributed by atoms with Gasteiger partial charge in [0, 0.05) is 24.2 Å². The van der Waals surface area contributed by atoms with Crippen LogP contribution in [0, 0.1) is 10.1 Å². The van der Waals surface area contributed by atoms with Crippen LogP contribution < -0.4 is 9.54 Å². The highest BCUT2D eigenvalue weighted by atomic mass is 32.1. The summed E-state index contributed by atoms with van der Waals surface area (Å²) in [4.78, 5) is 27.6. The summed E-state index contributed by atoms with van der Waals surface area (Å²) in [5.74, 6) is 0.210. The number of nitro groups is 1. The Kier molecular flexibility index (Phi) is 5.46. The van der Waals surface area contributed by atoms with E-state index in [9.17, 15) is 14.9 Å². The standard InChI is InChI=1S/C19H17N3O4S/c1-3-10-21-16-9-8-15(26-4-2)12-17(16)27-19(21)20-18(23)13-6-5-7-14(11-13)22(24)25/h3,5-9,11-12H,1,4,10H2,2H3. The Morgan fingerprint density at radius 1 is 1.37 bits per heavy atom. The number of carbonyl (C=O) groups is 1. The second-order valence-corrected chi connectivity index (χ2v) is 6.58. The van der Waals surface area contributed by atoms with Crippen LogP contribution in [-0.4, -0.2) is 22.0 Å². The van der Waals surface area contributed by atoms with Crippen LogP contribution in [0.2, 0.25) is 0 Å². The Bertz CT molecular complexity index is 1100. The van der Waals surface area contributed by atoms with Gasteiger partial charge in [0.05, 0.1) is 21.7 Å². The van der Waals surface area contributed by atoms with Crippen molar-refractivity contribution in [2.75, 3.05) is 6.61 Å². The number of amides is 1. The van der Waals surface area contributed by atoms with Gasteiger partial charge < -0.3 is 9.30 Å². The minimum absolute atomic E-state index is 0.146. The molecule has 1 heterocycles. The lowest BCUT2D eigenvalue weighted by molar-refractivity contribution is -0.384. The maximum Gasteiger partial charge on any atom is 0.279 e. The van der Waals surface area contributed by atoms with E-state index in [-0.39, 0.29) is 11.3 Å². The number of hydrogen-bond acceptors (Lipinski definition) is 5. The van der Waals surface area contributed by atoms with Gasteiger partial charge in [-0.1, -0.05) is 23.5 Å². The molecule has 1 aromatic heterocycles. The molecule has 0 aliphatic heterocycles. The van der Waals surface area contributed by atoms with Crippen molar-refractivity contribution in [3.05, 3.63) is 75.6 Å². The summed E-state index contributed by atoms with van der Waals surface area (Å²) < 4.78 is 8.32. The summed E-state index contributed by atoms with van der Waals surface area (Å²) in [7, 11) is 0. The second kappa shape index (κ2) is 7.96. The molecule has 3 aromatic rings. The fourth-order valence-corrected chi connectivity index (χ4v) is 3.67. The van der Waals surface area contributed by atoms with Crippen molar-refractivity contribution in [1.29, 1.82) is 0 Å². The lowest BCUT2D eigenvalue weighted by atomic mass is 10.2. The first-order chi connectivity index (χ1) is 13.0. The van der Waals surface area contributed by atoms with Crippen molar-refractivity contribution < 1.29 is 14.5 Å². The van der Waals surface area contributed by atoms with Gasteiger partial charge in [-0.05, 0) is 31.2 Å². The molecule has 0 fully saturated rings. The van der Waals surface area contributed by atoms with E-state index in [0.717, 1.165) is 16.0 Å². The maximum absolute atomic E-state index is 12.5. The van der Waals surface area contributed by atoms with Gasteiger partial charge >= 0.3 is 0 Å². The van der Waals surface area contributed by atoms with Crippen LogP contribution in [0.25, 0.3) is 10.2 Å². The van der Waals surface area contributed by atoms with Gasteiger partial charge in [0.1, 0.15) is 5.75 Å². The van der Waals surface area contributed by atoms with Crippen molar-refractivity contribution in [3.63, 3.8) is 0 Å². The third-order valence-electron chi connectivity index (χ3n) is 3.78. The third-order valence-corrected chi connectivity index (χ3v) is 4.82. The molecular weight excluding hydrogens is 366 g/mol. The summed E-state index contributed by atoms with van der Waals surface area (Å²) >= 11 is 1.35. The summed E-state index contributed by atoms with van der Waals surface area (Å²) in [6, 6.07) is 11.2. The van der Waals surface area contributed by atoms with Crippen molar-refractivity contribution >= 4 is 33.1 Å². The molecule has 3 rings (SSSR count). The van der Waals surface area contributed by atoms with E-state index >= 15 is 0 Å². The molecule has 138 valence electrons. The predicted octanol–water partition coefficient (Wildman–Crippen LogP) is 3.94. The van der Waals surface area contributed by atoms with Gasteiger partial charge in [0.2, 0.25) is 0 Å². The number of nitro benzene ring substituents is 1. The minimum Gasteiger partial charge on any atom is -0.494 e. The normalized spacial score (nSPS) is 11.5. The first-order valence-corrected chi connectivity index (χ1v) is 9.05. The van der Waals surface area contributed by atoms with Crippen molar-refractivity contribution in [1.82, 2.24) is 4.57 Å². The summed E-state index contributed by atoms with van der Waals surface area (Å²) in [6.07, 6.45) is 1.72. The quantitative estimate of drug-likeness (QED) is 0.366. The number of ether oxygens (including phenoxy) is 1. The molecule has 0 spiro atoms. The van der Waals surface area contributed by atoms with Gasteiger partial charge in [-0.3, -0.25) is 14.9 Å². The molecule has 0 aliphatic carbocycles. The molecule has 0 radical (unpaired) electrons. The topological polar surface area (TPSA) is 86.7 Å². The average molecular weight is 383 g/mol. The average Bonchev–Trinajstić information content (AvgIpc) is 2.99. The molecule has 7 nitrogen and oxygen atoms in total. The van der Waals surface area contributed by atoms with E-state index in [1.807, 2.05) is 29.7 Å². The van der Waals surface area contributed by atoms with Crippen molar-refractivity contribution in [2.45, 2.75) is 13.5 Å². The van der Waals surface area contributed by atoms with E-state index in [4.69, 9.17) is 4.74 Å². The number of benzene rings is 2. The van der Waals surface area contributed by atoms with Gasteiger partial charge in [0.15, 0.2) is 4.80 Å². The minimum atomic E-state index is -0.538. The van der Waals surface area contributed by atoms with E-state index in [1.54, 1.807) is 6.08 Å². The number of non-ortho nitro benzene ring substituents is 1. The van der Waals surface area contributed by atoms with Crippen molar-refractivity contribution in [2.24, 2.45) is 4.99 Å². The molecule has 0 N–H and O–H groups in total. The third kappa shape index (κ3) is 3.95. The summed E-state index contributed by atoms with van der Waals surface area (Å²) in [5, 5.41) is 10.9. The Balaban J connectivity index is 2.09. The molecule has 0 saturated heterocycles. The number of allylic oxidation sites excluding steroid dienone is 1. The SMILES string of the molecule is C=CCn1c(=NC(=O)c2cccc([N+](=O)[O-])c2)sc2cc(OCC)ccc21. The fraction of sp³-hybridized carbons (Fsp3) is 0.158. The van der Waals surface area contributed by atoms with Crippen LogP contribution in [0.1, 0.15) is 17.3 Å². The van der Waals surface area contributed by atoms with Gasteiger partial charge in [-0.25, -0.2) is 0 Å². The van der Waals surface area contributed by atoms with Crippen LogP contribution in [-0.2, 0) is 6.54 Å². The zero-order chi connectivity index (χ0) is 19.4. The largest absolute Gasteiger partial charge is 0.494 e. The van der Waals surface area contributed by atoms with E-state index < -0.39 is 10.8 Å². The molecule has 0 unspecified atom stereocenters. The Labute approximate surface area is 159 Å². The van der Waals surface area contributed by atoms with Gasteiger partial charge in [0.25, 0.3) is 11.6 Å². The Morgan fingerprint density at radius 3 is 2.89 bits per heavy atom. The lowest BCUT2D eigenvalue weighted by Gasteiger charge is -2.04. The van der Waals surface area contributed by atoms with Crippen LogP contribution in [0.4, 0.5) is 5.69 Å². The lowest BCUT2D eigenvalue weighted by Crippen LogP contribution is -2.16. The molecule has 0 atom stereocenters. The highest BCUT2D eigenvalue weighted by Gasteiger charge is 2.13.